The lowest BCUT2D eigenvalue weighted by atomic mass is 10.0. The van der Waals surface area contributed by atoms with Gasteiger partial charge in [0.05, 0.1) is 0 Å². The van der Waals surface area contributed by atoms with Crippen LogP contribution in [0.2, 0.25) is 0 Å². The molecule has 0 aliphatic heterocycles. The van der Waals surface area contributed by atoms with Gasteiger partial charge in [-0.2, -0.15) is 0 Å². The lowest BCUT2D eigenvalue weighted by Crippen LogP contribution is -2.15. The van der Waals surface area contributed by atoms with Gasteiger partial charge in [0.1, 0.15) is 24.7 Å². The van der Waals surface area contributed by atoms with Gasteiger partial charge < -0.3 is 18.9 Å². The maximum atomic E-state index is 11.8. The Morgan fingerprint density at radius 2 is 1.09 bits per heavy atom. The fourth-order valence-electron chi connectivity index (χ4n) is 3.16. The summed E-state index contributed by atoms with van der Waals surface area (Å²) in [5.74, 6) is 0.517. The van der Waals surface area contributed by atoms with Gasteiger partial charge in [-0.15, -0.1) is 0 Å². The summed E-state index contributed by atoms with van der Waals surface area (Å²) in [5, 5.41) is 0. The molecule has 6 heteroatoms. The zero-order chi connectivity index (χ0) is 25.8. The third kappa shape index (κ3) is 10.5. The second-order valence-electron chi connectivity index (χ2n) is 8.88. The number of hydrogen-bond acceptors (Lipinski definition) is 6. The van der Waals surface area contributed by atoms with E-state index in [0.29, 0.717) is 11.5 Å². The van der Waals surface area contributed by atoms with E-state index >= 15 is 0 Å². The van der Waals surface area contributed by atoms with Crippen LogP contribution in [0, 0.1) is 13.8 Å². The standard InChI is InChI=1S/C29H36O6/c1-20(2)11-13-32-28(30)18-34-26-9-7-24(15-22(26)5)17-25-8-10-27(23(6)16-25)35-19-29(31)33-14-12-21(3)4/h7-12,15-16H,13-14,17-19H2,1-6H3. The first-order chi connectivity index (χ1) is 16.6. The maximum Gasteiger partial charge on any atom is 0.344 e. The lowest BCUT2D eigenvalue weighted by molar-refractivity contribution is -0.145. The molecule has 0 saturated carbocycles. The van der Waals surface area contributed by atoms with E-state index in [1.54, 1.807) is 0 Å². The number of benzene rings is 2. The highest BCUT2D eigenvalue weighted by molar-refractivity contribution is 5.71. The molecular formula is C29H36O6. The zero-order valence-corrected chi connectivity index (χ0v) is 21.6. The van der Waals surface area contributed by atoms with Crippen molar-refractivity contribution in [3.63, 3.8) is 0 Å². The highest BCUT2D eigenvalue weighted by Crippen LogP contribution is 2.24. The Kier molecular flexibility index (Phi) is 11.1. The van der Waals surface area contributed by atoms with Crippen molar-refractivity contribution in [2.45, 2.75) is 48.0 Å². The molecule has 0 bridgehead atoms. The van der Waals surface area contributed by atoms with Gasteiger partial charge in [-0.1, -0.05) is 35.4 Å². The molecule has 0 aliphatic carbocycles. The van der Waals surface area contributed by atoms with Crippen LogP contribution in [0.3, 0.4) is 0 Å². The first-order valence-electron chi connectivity index (χ1n) is 11.7. The average molecular weight is 481 g/mol. The molecule has 2 aromatic carbocycles. The molecule has 0 aromatic heterocycles. The lowest BCUT2D eigenvalue weighted by Gasteiger charge is -2.12. The summed E-state index contributed by atoms with van der Waals surface area (Å²) in [7, 11) is 0. The molecule has 0 amide bonds. The molecule has 0 heterocycles. The number of carbonyl (C=O) groups excluding carboxylic acids is 2. The van der Waals surface area contributed by atoms with E-state index in [9.17, 15) is 9.59 Å². The molecule has 2 rings (SSSR count). The highest BCUT2D eigenvalue weighted by atomic mass is 16.6. The summed E-state index contributed by atoms with van der Waals surface area (Å²) in [4.78, 5) is 23.6. The van der Waals surface area contributed by atoms with Crippen LogP contribution in [0.1, 0.15) is 49.9 Å². The predicted molar refractivity (Wildman–Crippen MR) is 137 cm³/mol. The summed E-state index contributed by atoms with van der Waals surface area (Å²) in [6.45, 7) is 12.0. The van der Waals surface area contributed by atoms with E-state index in [1.807, 2.05) is 90.1 Å². The van der Waals surface area contributed by atoms with Crippen LogP contribution >= 0.6 is 0 Å². The number of ether oxygens (including phenoxy) is 4. The van der Waals surface area contributed by atoms with Crippen molar-refractivity contribution < 1.29 is 28.5 Å². The third-order valence-electron chi connectivity index (χ3n) is 5.05. The van der Waals surface area contributed by atoms with Crippen LogP contribution in [0.25, 0.3) is 0 Å². The number of aryl methyl sites for hydroxylation is 2. The minimum Gasteiger partial charge on any atom is -0.482 e. The number of carbonyl (C=O) groups is 2. The van der Waals surface area contributed by atoms with E-state index < -0.39 is 11.9 Å². The summed E-state index contributed by atoms with van der Waals surface area (Å²) >= 11 is 0. The van der Waals surface area contributed by atoms with Crippen LogP contribution in [-0.4, -0.2) is 38.4 Å². The van der Waals surface area contributed by atoms with Gasteiger partial charge in [-0.3, -0.25) is 0 Å². The van der Waals surface area contributed by atoms with Crippen LogP contribution in [-0.2, 0) is 25.5 Å². The minimum absolute atomic E-state index is 0.125. The van der Waals surface area contributed by atoms with Gasteiger partial charge in [-0.25, -0.2) is 9.59 Å². The van der Waals surface area contributed by atoms with Gasteiger partial charge in [0, 0.05) is 0 Å². The molecule has 0 unspecified atom stereocenters. The number of esters is 2. The zero-order valence-electron chi connectivity index (χ0n) is 21.6. The smallest absolute Gasteiger partial charge is 0.344 e. The van der Waals surface area contributed by atoms with Crippen molar-refractivity contribution in [1.29, 1.82) is 0 Å². The highest BCUT2D eigenvalue weighted by Gasteiger charge is 2.09. The van der Waals surface area contributed by atoms with Gasteiger partial charge in [0.25, 0.3) is 0 Å². The summed E-state index contributed by atoms with van der Waals surface area (Å²) in [6, 6.07) is 11.8. The SMILES string of the molecule is CC(C)=CCOC(=O)COc1ccc(Cc2ccc(OCC(=O)OCC=C(C)C)c(C)c2)cc1C. The molecule has 0 saturated heterocycles. The Labute approximate surface area is 208 Å². The van der Waals surface area contributed by atoms with Gasteiger partial charge in [0.15, 0.2) is 13.2 Å². The van der Waals surface area contributed by atoms with Crippen molar-refractivity contribution in [3.8, 4) is 11.5 Å². The van der Waals surface area contributed by atoms with Crippen LogP contribution in [0.15, 0.2) is 59.7 Å². The third-order valence-corrected chi connectivity index (χ3v) is 5.05. The van der Waals surface area contributed by atoms with Crippen molar-refractivity contribution in [3.05, 3.63) is 82.0 Å². The second kappa shape index (κ2) is 14.0. The molecule has 0 aliphatic rings. The topological polar surface area (TPSA) is 71.1 Å². The predicted octanol–water partition coefficient (Wildman–Crippen LogP) is 5.67. The van der Waals surface area contributed by atoms with Gasteiger partial charge in [0.2, 0.25) is 0 Å². The van der Waals surface area contributed by atoms with Crippen molar-refractivity contribution >= 4 is 11.9 Å². The Balaban J connectivity index is 1.88. The van der Waals surface area contributed by atoms with Crippen LogP contribution < -0.4 is 9.47 Å². The Hall–Kier alpha value is -3.54. The number of hydrogen-bond donors (Lipinski definition) is 0. The quantitative estimate of drug-likeness (QED) is 0.288. The second-order valence-corrected chi connectivity index (χ2v) is 8.88. The summed E-state index contributed by atoms with van der Waals surface area (Å²) in [6.07, 6.45) is 4.43. The normalized spacial score (nSPS) is 10.2. The first-order valence-corrected chi connectivity index (χ1v) is 11.7. The number of rotatable bonds is 12. The van der Waals surface area contributed by atoms with Crippen LogP contribution in [0.5, 0.6) is 11.5 Å². The molecule has 0 atom stereocenters. The number of allylic oxidation sites excluding steroid dienone is 2. The Morgan fingerprint density at radius 3 is 1.43 bits per heavy atom. The monoisotopic (exact) mass is 480 g/mol. The Morgan fingerprint density at radius 1 is 0.686 bits per heavy atom. The maximum absolute atomic E-state index is 11.8. The van der Waals surface area contributed by atoms with Crippen molar-refractivity contribution in [1.82, 2.24) is 0 Å². The van der Waals surface area contributed by atoms with Gasteiger partial charge >= 0.3 is 11.9 Å². The molecule has 0 spiro atoms. The molecule has 6 nitrogen and oxygen atoms in total. The van der Waals surface area contributed by atoms with E-state index in [0.717, 1.165) is 39.8 Å². The van der Waals surface area contributed by atoms with E-state index in [4.69, 9.17) is 18.9 Å². The van der Waals surface area contributed by atoms with E-state index in [2.05, 4.69) is 0 Å². The fraction of sp³-hybridized carbons (Fsp3) is 0.379. The van der Waals surface area contributed by atoms with Crippen molar-refractivity contribution in [2.24, 2.45) is 0 Å². The fourth-order valence-corrected chi connectivity index (χ4v) is 3.16. The molecule has 35 heavy (non-hydrogen) atoms. The molecule has 0 N–H and O–H groups in total. The summed E-state index contributed by atoms with van der Waals surface area (Å²) < 4.78 is 21.5. The van der Waals surface area contributed by atoms with E-state index in [-0.39, 0.29) is 26.4 Å². The average Bonchev–Trinajstić information content (AvgIpc) is 2.77. The van der Waals surface area contributed by atoms with Crippen LogP contribution in [0.4, 0.5) is 0 Å². The van der Waals surface area contributed by atoms with Crippen molar-refractivity contribution in [2.75, 3.05) is 26.4 Å². The molecule has 188 valence electrons. The molecular weight excluding hydrogens is 444 g/mol. The molecule has 0 fully saturated rings. The minimum atomic E-state index is -0.398. The first kappa shape index (κ1) is 27.7. The Bertz CT molecular complexity index is 987. The summed E-state index contributed by atoms with van der Waals surface area (Å²) in [5.41, 5.74) is 6.33. The van der Waals surface area contributed by atoms with E-state index in [1.165, 1.54) is 0 Å². The molecule has 0 radical (unpaired) electrons. The largest absolute Gasteiger partial charge is 0.482 e. The molecule has 2 aromatic rings. The van der Waals surface area contributed by atoms with Gasteiger partial charge in [-0.05, 0) is 94.5 Å².